The fourth-order valence-electron chi connectivity index (χ4n) is 3.27. The van der Waals surface area contributed by atoms with Crippen molar-refractivity contribution in [1.82, 2.24) is 15.2 Å². The molecule has 2 heterocycles. The molecule has 0 saturated carbocycles. The van der Waals surface area contributed by atoms with Gasteiger partial charge in [0.15, 0.2) is 11.7 Å². The minimum absolute atomic E-state index is 0.415. The number of nitrogens with one attached hydrogen (secondary N) is 1. The molecule has 0 radical (unpaired) electrons. The Morgan fingerprint density at radius 2 is 2.11 bits per heavy atom. The second-order valence-corrected chi connectivity index (χ2v) is 7.50. The van der Waals surface area contributed by atoms with Gasteiger partial charge in [-0.3, -0.25) is 4.99 Å². The Balaban J connectivity index is 1.51. The van der Waals surface area contributed by atoms with Crippen molar-refractivity contribution in [2.45, 2.75) is 24.9 Å². The first-order chi connectivity index (χ1) is 13.4. The number of hydrogen-bond donors (Lipinski definition) is 1. The van der Waals surface area contributed by atoms with E-state index in [1.54, 1.807) is 14.2 Å². The maximum absolute atomic E-state index is 12.6. The fourth-order valence-corrected chi connectivity index (χ4v) is 4.08. The van der Waals surface area contributed by atoms with Crippen LogP contribution in [0.15, 0.2) is 34.6 Å². The van der Waals surface area contributed by atoms with E-state index in [-0.39, 0.29) is 0 Å². The Labute approximate surface area is 166 Å². The van der Waals surface area contributed by atoms with Crippen molar-refractivity contribution in [3.8, 4) is 5.75 Å². The summed E-state index contributed by atoms with van der Waals surface area (Å²) in [5, 5.41) is 4.76. The number of methoxy groups -OCH3 is 1. The van der Waals surface area contributed by atoms with Crippen LogP contribution in [0.2, 0.25) is 0 Å². The van der Waals surface area contributed by atoms with Crippen molar-refractivity contribution >= 4 is 17.3 Å². The van der Waals surface area contributed by atoms with Gasteiger partial charge >= 0.3 is 6.18 Å². The van der Waals surface area contributed by atoms with Gasteiger partial charge in [-0.1, -0.05) is 12.1 Å². The summed E-state index contributed by atoms with van der Waals surface area (Å²) in [7, 11) is 3.37. The molecule has 0 bridgehead atoms. The van der Waals surface area contributed by atoms with Crippen molar-refractivity contribution in [3.05, 3.63) is 45.9 Å². The lowest BCUT2D eigenvalue weighted by Crippen LogP contribution is -2.40. The predicted octanol–water partition coefficient (Wildman–Crippen LogP) is 3.78. The van der Waals surface area contributed by atoms with E-state index in [9.17, 15) is 13.2 Å². The Morgan fingerprint density at radius 1 is 1.36 bits per heavy atom. The van der Waals surface area contributed by atoms with Crippen molar-refractivity contribution in [3.63, 3.8) is 0 Å². The first-order valence-electron chi connectivity index (χ1n) is 9.02. The Bertz CT molecular complexity index is 804. The smallest absolute Gasteiger partial charge is 0.434 e. The molecule has 1 fully saturated rings. The van der Waals surface area contributed by atoms with Gasteiger partial charge in [0, 0.05) is 44.4 Å². The quantitative estimate of drug-likeness (QED) is 0.600. The van der Waals surface area contributed by atoms with Gasteiger partial charge in [0.1, 0.15) is 5.75 Å². The van der Waals surface area contributed by atoms with Crippen LogP contribution in [0.3, 0.4) is 0 Å². The lowest BCUT2D eigenvalue weighted by atomic mass is 9.98. The third-order valence-corrected chi connectivity index (χ3v) is 5.66. The summed E-state index contributed by atoms with van der Waals surface area (Å²) >= 11 is 1.03. The lowest BCUT2D eigenvalue weighted by molar-refractivity contribution is -0.140. The molecule has 9 heteroatoms. The van der Waals surface area contributed by atoms with E-state index in [1.807, 2.05) is 12.1 Å². The van der Waals surface area contributed by atoms with Crippen LogP contribution >= 0.6 is 11.3 Å². The molecule has 1 unspecified atom stereocenters. The third kappa shape index (κ3) is 4.95. The second kappa shape index (κ2) is 8.81. The van der Waals surface area contributed by atoms with Crippen molar-refractivity contribution in [2.75, 3.05) is 33.8 Å². The maximum Gasteiger partial charge on any atom is 0.434 e. The number of nitrogens with zero attached hydrogens (tertiary/aromatic N) is 3. The maximum atomic E-state index is 12.6. The van der Waals surface area contributed by atoms with E-state index in [0.29, 0.717) is 23.9 Å². The Hall–Kier alpha value is -2.29. The number of benzene rings is 1. The summed E-state index contributed by atoms with van der Waals surface area (Å²) in [5.74, 6) is 2.02. The van der Waals surface area contributed by atoms with Crippen LogP contribution in [0.5, 0.6) is 5.75 Å². The summed E-state index contributed by atoms with van der Waals surface area (Å²) < 4.78 is 43.1. The normalized spacial score (nSPS) is 17.8. The SMILES string of the molecule is CN=C(NCCc1nc(C(F)(F)F)cs1)N1CCC(c2ccc(OC)cc2)C1. The highest BCUT2D eigenvalue weighted by Gasteiger charge is 2.33. The average Bonchev–Trinajstić information content (AvgIpc) is 3.35. The van der Waals surface area contributed by atoms with Gasteiger partial charge in [-0.25, -0.2) is 4.98 Å². The standard InChI is InChI=1S/C19H23F3N4OS/c1-23-18(24-9-7-17-25-16(12-28-17)19(20,21)22)26-10-8-14(11-26)13-3-5-15(27-2)6-4-13/h3-6,12,14H,7-11H2,1-2H3,(H,23,24). The number of alkyl halides is 3. The Morgan fingerprint density at radius 3 is 2.71 bits per heavy atom. The number of likely N-dealkylation sites (tertiary alicyclic amines) is 1. The van der Waals surface area contributed by atoms with Gasteiger partial charge in [-0.05, 0) is 24.1 Å². The van der Waals surface area contributed by atoms with Gasteiger partial charge in [0.25, 0.3) is 0 Å². The molecule has 0 amide bonds. The number of rotatable bonds is 5. The van der Waals surface area contributed by atoms with E-state index < -0.39 is 11.9 Å². The molecule has 28 heavy (non-hydrogen) atoms. The van der Waals surface area contributed by atoms with Crippen LogP contribution in [0.1, 0.15) is 28.6 Å². The second-order valence-electron chi connectivity index (χ2n) is 6.55. The summed E-state index contributed by atoms with van der Waals surface area (Å²) in [6.45, 7) is 2.22. The van der Waals surface area contributed by atoms with Crippen LogP contribution in [0.4, 0.5) is 13.2 Å². The van der Waals surface area contributed by atoms with Crippen molar-refractivity contribution in [2.24, 2.45) is 4.99 Å². The third-order valence-electron chi connectivity index (χ3n) is 4.75. The highest BCUT2D eigenvalue weighted by atomic mass is 32.1. The monoisotopic (exact) mass is 412 g/mol. The van der Waals surface area contributed by atoms with Gasteiger partial charge in [-0.15, -0.1) is 11.3 Å². The summed E-state index contributed by atoms with van der Waals surface area (Å²) in [6.07, 6.45) is -2.94. The number of guanidine groups is 1. The van der Waals surface area contributed by atoms with E-state index in [0.717, 1.165) is 47.9 Å². The molecule has 1 aromatic heterocycles. The molecule has 0 spiro atoms. The van der Waals surface area contributed by atoms with Crippen LogP contribution in [0.25, 0.3) is 0 Å². The van der Waals surface area contributed by atoms with Crippen molar-refractivity contribution < 1.29 is 17.9 Å². The minimum atomic E-state index is -4.38. The summed E-state index contributed by atoms with van der Waals surface area (Å²) in [4.78, 5) is 10.2. The van der Waals surface area contributed by atoms with E-state index >= 15 is 0 Å². The van der Waals surface area contributed by atoms with E-state index in [1.165, 1.54) is 5.56 Å². The molecular formula is C19H23F3N4OS. The molecular weight excluding hydrogens is 389 g/mol. The van der Waals surface area contributed by atoms with Gasteiger partial charge in [0.2, 0.25) is 0 Å². The lowest BCUT2D eigenvalue weighted by Gasteiger charge is -2.21. The number of ether oxygens (including phenoxy) is 1. The minimum Gasteiger partial charge on any atom is -0.497 e. The van der Waals surface area contributed by atoms with Gasteiger partial charge < -0.3 is 15.0 Å². The molecule has 1 aliphatic rings. The molecule has 1 aromatic carbocycles. The van der Waals surface area contributed by atoms with Gasteiger partial charge in [0.05, 0.1) is 12.1 Å². The van der Waals surface area contributed by atoms with Gasteiger partial charge in [-0.2, -0.15) is 13.2 Å². The molecule has 1 atom stereocenters. The summed E-state index contributed by atoms with van der Waals surface area (Å²) in [6, 6.07) is 8.11. The van der Waals surface area contributed by atoms with Crippen LogP contribution in [-0.4, -0.2) is 49.6 Å². The largest absolute Gasteiger partial charge is 0.497 e. The van der Waals surface area contributed by atoms with Crippen LogP contribution in [-0.2, 0) is 12.6 Å². The highest BCUT2D eigenvalue weighted by molar-refractivity contribution is 7.09. The first-order valence-corrected chi connectivity index (χ1v) is 9.90. The first kappa shape index (κ1) is 20.4. The highest BCUT2D eigenvalue weighted by Crippen LogP contribution is 2.30. The number of halogens is 3. The molecule has 2 aromatic rings. The molecule has 3 rings (SSSR count). The number of hydrogen-bond acceptors (Lipinski definition) is 4. The van der Waals surface area contributed by atoms with Crippen molar-refractivity contribution in [1.29, 1.82) is 0 Å². The van der Waals surface area contributed by atoms with E-state index in [2.05, 4.69) is 32.3 Å². The zero-order valence-electron chi connectivity index (χ0n) is 15.8. The molecule has 5 nitrogen and oxygen atoms in total. The van der Waals surface area contributed by atoms with Crippen LogP contribution < -0.4 is 10.1 Å². The summed E-state index contributed by atoms with van der Waals surface area (Å²) in [5.41, 5.74) is 0.444. The Kier molecular flexibility index (Phi) is 6.43. The predicted molar refractivity (Wildman–Crippen MR) is 104 cm³/mol. The molecule has 0 aliphatic carbocycles. The molecule has 152 valence electrons. The fraction of sp³-hybridized carbons (Fsp3) is 0.474. The van der Waals surface area contributed by atoms with E-state index in [4.69, 9.17) is 4.74 Å². The number of aromatic nitrogens is 1. The van der Waals surface area contributed by atoms with Crippen LogP contribution in [0, 0.1) is 0 Å². The molecule has 1 saturated heterocycles. The molecule has 1 N–H and O–H groups in total. The topological polar surface area (TPSA) is 49.8 Å². The number of aliphatic imine (C=N–C) groups is 1. The zero-order chi connectivity index (χ0) is 20.1. The molecule has 1 aliphatic heterocycles. The number of thiazole rings is 1. The zero-order valence-corrected chi connectivity index (χ0v) is 16.6. The average molecular weight is 412 g/mol.